The van der Waals surface area contributed by atoms with Gasteiger partial charge in [-0.1, -0.05) is 41.9 Å². The first-order valence-electron chi connectivity index (χ1n) is 12.7. The van der Waals surface area contributed by atoms with Crippen molar-refractivity contribution in [2.24, 2.45) is 0 Å². The van der Waals surface area contributed by atoms with Crippen molar-refractivity contribution in [1.82, 2.24) is 13.9 Å². The first-order valence-corrected chi connectivity index (χ1v) is 14.5. The van der Waals surface area contributed by atoms with E-state index >= 15 is 0 Å². The van der Waals surface area contributed by atoms with Crippen LogP contribution in [0.3, 0.4) is 0 Å². The van der Waals surface area contributed by atoms with Crippen LogP contribution in [0.15, 0.2) is 77.7 Å². The average Bonchev–Trinajstić information content (AvgIpc) is 3.35. The Hall–Kier alpha value is -3.77. The number of esters is 1. The SMILES string of the molecule is O=C(COC(=O)CCc1nc2ccccc2n1-c1ccccc1)Nc1cc(S(=O)(=O)N2CCOCC2)ccc1Cl. The zero-order chi connectivity index (χ0) is 28.1. The van der Waals surface area contributed by atoms with Gasteiger partial charge in [-0.3, -0.25) is 14.2 Å². The number of imidazole rings is 1. The molecule has 40 heavy (non-hydrogen) atoms. The third-order valence-electron chi connectivity index (χ3n) is 6.38. The largest absolute Gasteiger partial charge is 0.456 e. The van der Waals surface area contributed by atoms with Gasteiger partial charge in [0.05, 0.1) is 46.3 Å². The van der Waals surface area contributed by atoms with Crippen LogP contribution in [0, 0.1) is 0 Å². The number of aromatic nitrogens is 2. The van der Waals surface area contributed by atoms with Crippen LogP contribution in [0.25, 0.3) is 16.7 Å². The molecule has 1 N–H and O–H groups in total. The van der Waals surface area contributed by atoms with Crippen molar-refractivity contribution in [1.29, 1.82) is 0 Å². The monoisotopic (exact) mass is 582 g/mol. The lowest BCUT2D eigenvalue weighted by molar-refractivity contribution is -0.147. The molecule has 0 aliphatic carbocycles. The molecule has 208 valence electrons. The third kappa shape index (κ3) is 6.18. The summed E-state index contributed by atoms with van der Waals surface area (Å²) < 4.78 is 39.6. The molecule has 1 amide bonds. The van der Waals surface area contributed by atoms with E-state index in [1.54, 1.807) is 0 Å². The molecule has 12 heteroatoms. The molecule has 0 unspecified atom stereocenters. The summed E-state index contributed by atoms with van der Waals surface area (Å²) in [5.74, 6) is -0.525. The van der Waals surface area contributed by atoms with Crippen LogP contribution >= 0.6 is 11.6 Å². The lowest BCUT2D eigenvalue weighted by Gasteiger charge is -2.26. The molecule has 1 aromatic heterocycles. The molecule has 10 nitrogen and oxygen atoms in total. The van der Waals surface area contributed by atoms with Crippen LogP contribution in [0.4, 0.5) is 5.69 Å². The Kier molecular flexibility index (Phi) is 8.46. The molecule has 3 aromatic carbocycles. The average molecular weight is 583 g/mol. The smallest absolute Gasteiger partial charge is 0.306 e. The number of amides is 1. The summed E-state index contributed by atoms with van der Waals surface area (Å²) in [6.07, 6.45) is 0.314. The number of benzene rings is 3. The normalized spacial score (nSPS) is 14.2. The van der Waals surface area contributed by atoms with Gasteiger partial charge in [0.25, 0.3) is 5.91 Å². The highest BCUT2D eigenvalue weighted by Crippen LogP contribution is 2.27. The first kappa shape index (κ1) is 27.8. The molecule has 0 bridgehead atoms. The van der Waals surface area contributed by atoms with Gasteiger partial charge in [-0.15, -0.1) is 0 Å². The van der Waals surface area contributed by atoms with Crippen LogP contribution < -0.4 is 5.32 Å². The standard InChI is InChI=1S/C28H27ClN4O6S/c29-22-11-10-21(40(36,37)32-14-16-38-17-15-32)18-24(22)31-27(34)19-39-28(35)13-12-26-30-23-8-4-5-9-25(23)33(26)20-6-2-1-3-7-20/h1-11,18H,12-17,19H2,(H,31,34). The maximum Gasteiger partial charge on any atom is 0.306 e. The number of rotatable bonds is 9. The summed E-state index contributed by atoms with van der Waals surface area (Å²) in [5.41, 5.74) is 2.76. The Morgan fingerprint density at radius 3 is 2.50 bits per heavy atom. The van der Waals surface area contributed by atoms with Gasteiger partial charge in [-0.2, -0.15) is 4.31 Å². The molecule has 0 saturated carbocycles. The van der Waals surface area contributed by atoms with Crippen LogP contribution in [-0.4, -0.2) is 67.1 Å². The first-order chi connectivity index (χ1) is 19.3. The Bertz CT molecular complexity index is 1640. The fourth-order valence-electron chi connectivity index (χ4n) is 4.42. The van der Waals surface area contributed by atoms with Gasteiger partial charge >= 0.3 is 5.97 Å². The minimum absolute atomic E-state index is 0.00704. The number of morpholine rings is 1. The molecule has 1 fully saturated rings. The van der Waals surface area contributed by atoms with E-state index < -0.39 is 28.5 Å². The Labute approximate surface area is 236 Å². The van der Waals surface area contributed by atoms with Crippen LogP contribution in [0.1, 0.15) is 12.2 Å². The predicted octanol–water partition coefficient (Wildman–Crippen LogP) is 3.81. The molecular formula is C28H27ClN4O6S. The topological polar surface area (TPSA) is 120 Å². The maximum atomic E-state index is 13.0. The quantitative estimate of drug-likeness (QED) is 0.298. The predicted molar refractivity (Wildman–Crippen MR) is 150 cm³/mol. The molecule has 0 radical (unpaired) electrons. The van der Waals surface area contributed by atoms with Crippen LogP contribution in [-0.2, 0) is 35.5 Å². The van der Waals surface area contributed by atoms with Gasteiger partial charge in [0.15, 0.2) is 6.61 Å². The molecule has 5 rings (SSSR count). The van der Waals surface area contributed by atoms with Gasteiger partial charge in [0.2, 0.25) is 10.0 Å². The summed E-state index contributed by atoms with van der Waals surface area (Å²) >= 11 is 6.20. The summed E-state index contributed by atoms with van der Waals surface area (Å²) in [7, 11) is -3.78. The van der Waals surface area contributed by atoms with Gasteiger partial charge in [0, 0.05) is 25.2 Å². The van der Waals surface area contributed by atoms with E-state index in [0.717, 1.165) is 16.7 Å². The number of nitrogens with zero attached hydrogens (tertiary/aromatic N) is 3. The second-order valence-corrected chi connectivity index (χ2v) is 11.4. The molecule has 0 atom stereocenters. The Morgan fingerprint density at radius 1 is 1.00 bits per heavy atom. The molecule has 1 aliphatic rings. The van der Waals surface area contributed by atoms with E-state index in [1.807, 2.05) is 59.2 Å². The van der Waals surface area contributed by atoms with Crippen LogP contribution in [0.2, 0.25) is 5.02 Å². The second-order valence-electron chi connectivity index (χ2n) is 9.05. The number of anilines is 1. The van der Waals surface area contributed by atoms with Crippen molar-refractivity contribution >= 4 is 50.2 Å². The number of aryl methyl sites for hydroxylation is 1. The number of para-hydroxylation sites is 3. The van der Waals surface area contributed by atoms with E-state index in [-0.39, 0.29) is 35.1 Å². The molecule has 2 heterocycles. The highest BCUT2D eigenvalue weighted by molar-refractivity contribution is 7.89. The Morgan fingerprint density at radius 2 is 1.73 bits per heavy atom. The number of halogens is 1. The number of carbonyl (C=O) groups excluding carboxylic acids is 2. The number of sulfonamides is 1. The summed E-state index contributed by atoms with van der Waals surface area (Å²) in [6, 6.07) is 21.5. The minimum Gasteiger partial charge on any atom is -0.456 e. The van der Waals surface area contributed by atoms with Gasteiger partial charge in [0.1, 0.15) is 5.82 Å². The summed E-state index contributed by atoms with van der Waals surface area (Å²) in [6.45, 7) is 0.553. The molecule has 4 aromatic rings. The fourth-order valence-corrected chi connectivity index (χ4v) is 6.02. The number of carbonyl (C=O) groups is 2. The summed E-state index contributed by atoms with van der Waals surface area (Å²) in [4.78, 5) is 29.7. The van der Waals surface area contributed by atoms with Crippen molar-refractivity contribution in [2.75, 3.05) is 38.2 Å². The highest BCUT2D eigenvalue weighted by Gasteiger charge is 2.27. The zero-order valence-corrected chi connectivity index (χ0v) is 23.0. The van der Waals surface area contributed by atoms with E-state index in [4.69, 9.17) is 21.1 Å². The fraction of sp³-hybridized carbons (Fsp3) is 0.250. The molecule has 1 saturated heterocycles. The number of ether oxygens (including phenoxy) is 2. The number of nitrogens with one attached hydrogen (secondary N) is 1. The van der Waals surface area contributed by atoms with E-state index in [9.17, 15) is 18.0 Å². The van der Waals surface area contributed by atoms with Crippen molar-refractivity contribution in [3.63, 3.8) is 0 Å². The number of hydrogen-bond acceptors (Lipinski definition) is 7. The maximum absolute atomic E-state index is 13.0. The van der Waals surface area contributed by atoms with Gasteiger partial charge < -0.3 is 14.8 Å². The third-order valence-corrected chi connectivity index (χ3v) is 8.61. The van der Waals surface area contributed by atoms with Crippen molar-refractivity contribution in [3.05, 3.63) is 83.6 Å². The lowest BCUT2D eigenvalue weighted by atomic mass is 10.2. The number of fused-ring (bicyclic) bond motifs is 1. The second kappa shape index (κ2) is 12.2. The van der Waals surface area contributed by atoms with E-state index in [0.29, 0.717) is 25.5 Å². The minimum atomic E-state index is -3.78. The van der Waals surface area contributed by atoms with Crippen molar-refractivity contribution in [3.8, 4) is 5.69 Å². The van der Waals surface area contributed by atoms with Gasteiger partial charge in [-0.25, -0.2) is 13.4 Å². The summed E-state index contributed by atoms with van der Waals surface area (Å²) in [5, 5.41) is 2.68. The molecule has 0 spiro atoms. The van der Waals surface area contributed by atoms with E-state index in [2.05, 4.69) is 10.3 Å². The number of hydrogen-bond donors (Lipinski definition) is 1. The zero-order valence-electron chi connectivity index (χ0n) is 21.5. The van der Waals surface area contributed by atoms with Crippen molar-refractivity contribution in [2.45, 2.75) is 17.7 Å². The highest BCUT2D eigenvalue weighted by atomic mass is 35.5. The Balaban J connectivity index is 1.20. The lowest BCUT2D eigenvalue weighted by Crippen LogP contribution is -2.40. The molecule has 1 aliphatic heterocycles. The van der Waals surface area contributed by atoms with Gasteiger partial charge in [-0.05, 0) is 42.5 Å². The van der Waals surface area contributed by atoms with E-state index in [1.165, 1.54) is 22.5 Å². The van der Waals surface area contributed by atoms with Crippen LogP contribution in [0.5, 0.6) is 0 Å². The van der Waals surface area contributed by atoms with Crippen molar-refractivity contribution < 1.29 is 27.5 Å². The molecular weight excluding hydrogens is 556 g/mol.